The molecule has 4 aliphatic rings. The Balaban J connectivity index is 1.47. The Kier molecular flexibility index (Phi) is 3.97. The summed E-state index contributed by atoms with van der Waals surface area (Å²) in [6.07, 6.45) is 4.54. The molecule has 1 N–H and O–H groups in total. The molecule has 4 bridgehead atoms. The van der Waals surface area contributed by atoms with Crippen LogP contribution in [-0.4, -0.2) is 21.2 Å². The molecule has 7 heteroatoms. The van der Waals surface area contributed by atoms with Crippen LogP contribution in [0.3, 0.4) is 0 Å². The van der Waals surface area contributed by atoms with Crippen molar-refractivity contribution in [1.82, 2.24) is 15.1 Å². The predicted octanol–water partition coefficient (Wildman–Crippen LogP) is 3.98. The van der Waals surface area contributed by atoms with Gasteiger partial charge in [-0.15, -0.1) is 0 Å². The largest absolute Gasteiger partial charge is 0.349 e. The number of amides is 1. The summed E-state index contributed by atoms with van der Waals surface area (Å²) in [6, 6.07) is 0. The van der Waals surface area contributed by atoms with E-state index in [1.54, 1.807) is 6.92 Å². The molecule has 4 fully saturated rings. The molecule has 0 radical (unpaired) electrons. The number of alkyl halides is 2. The van der Waals surface area contributed by atoms with Gasteiger partial charge in [0.2, 0.25) is 5.91 Å². The molecule has 0 spiro atoms. The minimum atomic E-state index is -2.65. The molecule has 4 saturated carbocycles. The Bertz CT molecular complexity index is 638. The lowest BCUT2D eigenvalue weighted by Gasteiger charge is -2.56. The summed E-state index contributed by atoms with van der Waals surface area (Å²) in [5.74, 6) is 2.14. The summed E-state index contributed by atoms with van der Waals surface area (Å²) in [5.41, 5.74) is 0.205. The third-order valence-electron chi connectivity index (χ3n) is 6.10. The van der Waals surface area contributed by atoms with Crippen molar-refractivity contribution in [2.24, 2.45) is 17.8 Å². The maximum absolute atomic E-state index is 12.9. The van der Waals surface area contributed by atoms with E-state index in [9.17, 15) is 13.6 Å². The predicted molar refractivity (Wildman–Crippen MR) is 88.7 cm³/mol. The van der Waals surface area contributed by atoms with Crippen LogP contribution in [0.15, 0.2) is 4.47 Å². The fourth-order valence-corrected chi connectivity index (χ4v) is 6.03. The van der Waals surface area contributed by atoms with Gasteiger partial charge in [-0.1, -0.05) is 0 Å². The molecule has 0 saturated heterocycles. The Labute approximate surface area is 148 Å². The van der Waals surface area contributed by atoms with Crippen molar-refractivity contribution in [3.63, 3.8) is 0 Å². The van der Waals surface area contributed by atoms with Gasteiger partial charge in [-0.05, 0) is 79.1 Å². The highest BCUT2D eigenvalue weighted by molar-refractivity contribution is 9.10. The van der Waals surface area contributed by atoms with Gasteiger partial charge in [-0.25, -0.2) is 8.78 Å². The zero-order chi connectivity index (χ0) is 17.1. The summed E-state index contributed by atoms with van der Waals surface area (Å²) < 4.78 is 27.5. The number of rotatable bonds is 4. The van der Waals surface area contributed by atoms with Crippen molar-refractivity contribution in [1.29, 1.82) is 0 Å². The van der Waals surface area contributed by atoms with Crippen LogP contribution in [0, 0.1) is 24.7 Å². The van der Waals surface area contributed by atoms with E-state index in [1.807, 2.05) is 0 Å². The first-order valence-corrected chi connectivity index (χ1v) is 9.46. The molecule has 1 amide bonds. The van der Waals surface area contributed by atoms with E-state index in [-0.39, 0.29) is 23.7 Å². The van der Waals surface area contributed by atoms with E-state index in [0.717, 1.165) is 37.0 Å². The van der Waals surface area contributed by atoms with Crippen molar-refractivity contribution < 1.29 is 13.6 Å². The molecule has 24 heavy (non-hydrogen) atoms. The van der Waals surface area contributed by atoms with Gasteiger partial charge in [0.1, 0.15) is 12.2 Å². The van der Waals surface area contributed by atoms with Gasteiger partial charge in [0.15, 0.2) is 0 Å². The first-order valence-electron chi connectivity index (χ1n) is 8.67. The van der Waals surface area contributed by atoms with Gasteiger partial charge in [0.25, 0.3) is 6.43 Å². The monoisotopic (exact) mass is 401 g/mol. The van der Waals surface area contributed by atoms with Gasteiger partial charge < -0.3 is 5.32 Å². The highest BCUT2D eigenvalue weighted by Gasteiger charge is 2.51. The first-order chi connectivity index (χ1) is 11.3. The number of halogens is 3. The minimum absolute atomic E-state index is 0.00109. The topological polar surface area (TPSA) is 46.9 Å². The van der Waals surface area contributed by atoms with Crippen molar-refractivity contribution in [3.05, 3.63) is 15.9 Å². The molecule has 0 unspecified atom stereocenters. The van der Waals surface area contributed by atoms with Crippen LogP contribution in [0.1, 0.15) is 56.3 Å². The summed E-state index contributed by atoms with van der Waals surface area (Å²) in [4.78, 5) is 12.6. The van der Waals surface area contributed by atoms with Crippen molar-refractivity contribution >= 4 is 21.8 Å². The SMILES string of the molecule is Cc1c(Br)c(C(F)F)nn1CC(=O)NC12CC3CC(CC(C3)C1)C2. The van der Waals surface area contributed by atoms with Crippen LogP contribution in [0.2, 0.25) is 0 Å². The molecule has 5 rings (SSSR count). The van der Waals surface area contributed by atoms with Crippen molar-refractivity contribution in [3.8, 4) is 0 Å². The standard InChI is InChI=1S/C17H22BrF2N3O/c1-9-14(18)15(16(19)20)22-23(9)8-13(24)21-17-5-10-2-11(6-17)4-12(3-10)7-17/h10-12,16H,2-8H2,1H3,(H,21,24). The number of nitrogens with zero attached hydrogens (tertiary/aromatic N) is 2. The zero-order valence-electron chi connectivity index (χ0n) is 13.7. The molecular formula is C17H22BrF2N3O. The average molecular weight is 402 g/mol. The molecule has 132 valence electrons. The highest BCUT2D eigenvalue weighted by Crippen LogP contribution is 2.55. The van der Waals surface area contributed by atoms with E-state index in [0.29, 0.717) is 10.2 Å². The Hall–Kier alpha value is -0.980. The number of aromatic nitrogens is 2. The van der Waals surface area contributed by atoms with E-state index < -0.39 is 6.43 Å². The number of carbonyl (C=O) groups excluding carboxylic acids is 1. The van der Waals surface area contributed by atoms with Crippen LogP contribution in [-0.2, 0) is 11.3 Å². The number of nitrogens with one attached hydrogen (secondary N) is 1. The third kappa shape index (κ3) is 2.78. The van der Waals surface area contributed by atoms with E-state index in [2.05, 4.69) is 26.3 Å². The quantitative estimate of drug-likeness (QED) is 0.829. The van der Waals surface area contributed by atoms with Gasteiger partial charge in [-0.2, -0.15) is 5.10 Å². The maximum atomic E-state index is 12.9. The van der Waals surface area contributed by atoms with Crippen LogP contribution < -0.4 is 5.32 Å². The number of hydrogen-bond acceptors (Lipinski definition) is 2. The molecule has 4 aliphatic carbocycles. The maximum Gasteiger partial charge on any atom is 0.283 e. The Morgan fingerprint density at radius 2 is 1.83 bits per heavy atom. The van der Waals surface area contributed by atoms with E-state index in [1.165, 1.54) is 23.9 Å². The van der Waals surface area contributed by atoms with E-state index in [4.69, 9.17) is 0 Å². The molecular weight excluding hydrogens is 380 g/mol. The molecule has 0 aromatic carbocycles. The molecule has 4 nitrogen and oxygen atoms in total. The van der Waals surface area contributed by atoms with E-state index >= 15 is 0 Å². The molecule has 1 heterocycles. The highest BCUT2D eigenvalue weighted by atomic mass is 79.9. The van der Waals surface area contributed by atoms with Crippen LogP contribution in [0.5, 0.6) is 0 Å². The Morgan fingerprint density at radius 1 is 1.29 bits per heavy atom. The summed E-state index contributed by atoms with van der Waals surface area (Å²) in [7, 11) is 0. The molecule has 1 aromatic heterocycles. The summed E-state index contributed by atoms with van der Waals surface area (Å²) >= 11 is 3.15. The van der Waals surface area contributed by atoms with Crippen molar-refractivity contribution in [2.45, 2.75) is 64.0 Å². The molecule has 1 aromatic rings. The van der Waals surface area contributed by atoms with Gasteiger partial charge in [0.05, 0.1) is 10.2 Å². The van der Waals surface area contributed by atoms with Crippen LogP contribution >= 0.6 is 15.9 Å². The van der Waals surface area contributed by atoms with Gasteiger partial charge in [-0.3, -0.25) is 9.48 Å². The lowest BCUT2D eigenvalue weighted by atomic mass is 9.53. The lowest BCUT2D eigenvalue weighted by Crippen LogP contribution is -2.60. The normalized spacial score (nSPS) is 34.1. The van der Waals surface area contributed by atoms with Crippen LogP contribution in [0.4, 0.5) is 8.78 Å². The van der Waals surface area contributed by atoms with Crippen LogP contribution in [0.25, 0.3) is 0 Å². The fourth-order valence-electron chi connectivity index (χ4n) is 5.58. The summed E-state index contributed by atoms with van der Waals surface area (Å²) in [6.45, 7) is 1.69. The second-order valence-corrected chi connectivity index (χ2v) is 8.78. The van der Waals surface area contributed by atoms with Gasteiger partial charge in [0, 0.05) is 5.54 Å². The fraction of sp³-hybridized carbons (Fsp3) is 0.765. The average Bonchev–Trinajstić information content (AvgIpc) is 2.73. The third-order valence-corrected chi connectivity index (χ3v) is 7.08. The van der Waals surface area contributed by atoms with Gasteiger partial charge >= 0.3 is 0 Å². The minimum Gasteiger partial charge on any atom is -0.349 e. The second kappa shape index (κ2) is 5.78. The Morgan fingerprint density at radius 3 is 2.29 bits per heavy atom. The molecule has 0 aliphatic heterocycles. The lowest BCUT2D eigenvalue weighted by molar-refractivity contribution is -0.127. The second-order valence-electron chi connectivity index (χ2n) is 7.99. The smallest absolute Gasteiger partial charge is 0.283 e. The van der Waals surface area contributed by atoms with Crippen molar-refractivity contribution in [2.75, 3.05) is 0 Å². The number of carbonyl (C=O) groups is 1. The number of hydrogen-bond donors (Lipinski definition) is 1. The molecule has 0 atom stereocenters. The zero-order valence-corrected chi connectivity index (χ0v) is 15.3. The first kappa shape index (κ1) is 16.5. The summed E-state index contributed by atoms with van der Waals surface area (Å²) in [5, 5.41) is 7.16.